The standard InChI is InChI=1S/C20H48O2Si6/c1-23(2,3)19(24(4,5)6)15-16-20(25(7,8)9,26(10,11)12)28(19)21-27(22-28)17-13-14-18-27/h13-18H2,1-12H3. The van der Waals surface area contributed by atoms with Crippen LogP contribution in [0.25, 0.3) is 0 Å². The Balaban J connectivity index is 2.33. The normalized spacial score (nSPS) is 28.7. The van der Waals surface area contributed by atoms with E-state index in [1.54, 1.807) is 0 Å². The van der Waals surface area contributed by atoms with Crippen molar-refractivity contribution in [1.29, 1.82) is 0 Å². The topological polar surface area (TPSA) is 18.5 Å². The van der Waals surface area contributed by atoms with E-state index in [1.807, 2.05) is 0 Å². The SMILES string of the molecule is C[Si](C)(C)C1([Si](C)(C)C)CCC([Si](C)(C)C)([Si](C)(C)C)[Si]12O[Si]1(CCCC1)O2. The Morgan fingerprint density at radius 3 is 1.07 bits per heavy atom. The third kappa shape index (κ3) is 2.70. The van der Waals surface area contributed by atoms with Crippen LogP contribution in [0.2, 0.25) is 99.2 Å². The Morgan fingerprint density at radius 2 is 0.821 bits per heavy atom. The summed E-state index contributed by atoms with van der Waals surface area (Å²) in [6, 6.07) is 2.59. The quantitative estimate of drug-likeness (QED) is 0.381. The Kier molecular flexibility index (Phi) is 5.45. The van der Waals surface area contributed by atoms with E-state index >= 15 is 0 Å². The van der Waals surface area contributed by atoms with Crippen LogP contribution in [-0.4, -0.2) is 49.4 Å². The fourth-order valence-electron chi connectivity index (χ4n) is 8.79. The molecule has 3 rings (SSSR count). The Labute approximate surface area is 182 Å². The van der Waals surface area contributed by atoms with E-state index in [9.17, 15) is 0 Å². The summed E-state index contributed by atoms with van der Waals surface area (Å²) in [5, 5.41) is 0. The molecule has 3 saturated heterocycles. The van der Waals surface area contributed by atoms with Gasteiger partial charge in [-0.25, -0.2) is 0 Å². The van der Waals surface area contributed by atoms with Gasteiger partial charge in [-0.05, 0) is 12.1 Å². The third-order valence-corrected chi connectivity index (χ3v) is 52.6. The molecule has 0 unspecified atom stereocenters. The lowest BCUT2D eigenvalue weighted by Gasteiger charge is -2.72. The molecular weight excluding hydrogens is 441 g/mol. The van der Waals surface area contributed by atoms with Crippen molar-refractivity contribution in [2.24, 2.45) is 0 Å². The third-order valence-electron chi connectivity index (χ3n) is 9.14. The average Bonchev–Trinajstić information content (AvgIpc) is 2.97. The van der Waals surface area contributed by atoms with Crippen LogP contribution >= 0.6 is 0 Å². The molecule has 2 spiro atoms. The Hall–Kier alpha value is 1.22. The van der Waals surface area contributed by atoms with Crippen LogP contribution in [0.15, 0.2) is 0 Å². The van der Waals surface area contributed by atoms with E-state index in [-0.39, 0.29) is 0 Å². The number of hydrogen-bond acceptors (Lipinski definition) is 2. The maximum absolute atomic E-state index is 7.77. The monoisotopic (exact) mass is 488 g/mol. The largest absolute Gasteiger partial charge is 0.415 e. The van der Waals surface area contributed by atoms with Gasteiger partial charge in [-0.3, -0.25) is 0 Å². The summed E-state index contributed by atoms with van der Waals surface area (Å²) in [6.07, 6.45) is 5.58. The minimum absolute atomic E-state index is 0.467. The van der Waals surface area contributed by atoms with Gasteiger partial charge in [-0.2, -0.15) is 0 Å². The maximum Gasteiger partial charge on any atom is 0.322 e. The second-order valence-electron chi connectivity index (χ2n) is 14.2. The molecule has 0 amide bonds. The van der Waals surface area contributed by atoms with Crippen molar-refractivity contribution in [3.05, 3.63) is 0 Å². The van der Waals surface area contributed by atoms with Gasteiger partial charge in [0.25, 0.3) is 0 Å². The van der Waals surface area contributed by atoms with E-state index < -0.39 is 49.4 Å². The lowest BCUT2D eigenvalue weighted by molar-refractivity contribution is 0.201. The molecule has 2 nitrogen and oxygen atoms in total. The van der Waals surface area contributed by atoms with Crippen molar-refractivity contribution in [3.8, 4) is 0 Å². The van der Waals surface area contributed by atoms with Crippen molar-refractivity contribution in [2.45, 2.75) is 125 Å². The van der Waals surface area contributed by atoms with E-state index in [0.717, 1.165) is 0 Å². The molecule has 0 aromatic rings. The highest BCUT2D eigenvalue weighted by molar-refractivity contribution is 7.27. The van der Waals surface area contributed by atoms with Crippen molar-refractivity contribution in [1.82, 2.24) is 0 Å². The molecule has 3 heterocycles. The first-order valence-corrected chi connectivity index (χ1v) is 29.8. The van der Waals surface area contributed by atoms with Gasteiger partial charge in [0.05, 0.1) is 32.3 Å². The summed E-state index contributed by atoms with van der Waals surface area (Å²) < 4.78 is 16.5. The maximum atomic E-state index is 7.77. The first-order chi connectivity index (χ1) is 12.3. The van der Waals surface area contributed by atoms with Crippen LogP contribution in [0.1, 0.15) is 25.7 Å². The van der Waals surface area contributed by atoms with E-state index in [0.29, 0.717) is 8.57 Å². The highest BCUT2D eigenvalue weighted by Crippen LogP contribution is 2.79. The van der Waals surface area contributed by atoms with Gasteiger partial charge in [0, 0.05) is 8.57 Å². The molecule has 8 heteroatoms. The molecule has 0 aromatic heterocycles. The fraction of sp³-hybridized carbons (Fsp3) is 1.00. The summed E-state index contributed by atoms with van der Waals surface area (Å²) in [5.74, 6) is 0. The molecule has 0 N–H and O–H groups in total. The molecule has 3 fully saturated rings. The fourth-order valence-corrected chi connectivity index (χ4v) is 66.0. The molecule has 164 valence electrons. The van der Waals surface area contributed by atoms with Gasteiger partial charge in [0.15, 0.2) is 0 Å². The van der Waals surface area contributed by atoms with Crippen molar-refractivity contribution >= 4 is 49.4 Å². The lowest BCUT2D eigenvalue weighted by atomic mass is 10.4. The zero-order valence-corrected chi connectivity index (χ0v) is 27.1. The highest BCUT2D eigenvalue weighted by atomic mass is 28.6. The second kappa shape index (κ2) is 6.39. The zero-order chi connectivity index (χ0) is 21.7. The van der Waals surface area contributed by atoms with Crippen LogP contribution in [0.3, 0.4) is 0 Å². The van der Waals surface area contributed by atoms with E-state index in [1.165, 1.54) is 37.8 Å². The Bertz CT molecular complexity index is 551. The van der Waals surface area contributed by atoms with Crippen LogP contribution < -0.4 is 0 Å². The van der Waals surface area contributed by atoms with Crippen molar-refractivity contribution < 1.29 is 8.23 Å². The van der Waals surface area contributed by atoms with Crippen molar-refractivity contribution in [2.75, 3.05) is 0 Å². The minimum atomic E-state index is -2.31. The van der Waals surface area contributed by atoms with E-state index in [4.69, 9.17) is 8.23 Å². The van der Waals surface area contributed by atoms with E-state index in [2.05, 4.69) is 78.6 Å². The average molecular weight is 489 g/mol. The van der Waals surface area contributed by atoms with Gasteiger partial charge >= 0.3 is 17.1 Å². The van der Waals surface area contributed by atoms with Gasteiger partial charge in [0.2, 0.25) is 0 Å². The molecule has 3 aliphatic heterocycles. The van der Waals surface area contributed by atoms with Gasteiger partial charge in [-0.1, -0.05) is 104 Å². The smallest absolute Gasteiger partial charge is 0.322 e. The number of hydrogen-bond donors (Lipinski definition) is 0. The van der Waals surface area contributed by atoms with Crippen LogP contribution in [0, 0.1) is 0 Å². The summed E-state index contributed by atoms with van der Waals surface area (Å²) in [7, 11) is -10.1. The molecule has 0 radical (unpaired) electrons. The predicted molar refractivity (Wildman–Crippen MR) is 141 cm³/mol. The molecule has 0 bridgehead atoms. The summed E-state index contributed by atoms with van der Waals surface area (Å²) in [4.78, 5) is 0. The zero-order valence-electron chi connectivity index (χ0n) is 21.1. The van der Waals surface area contributed by atoms with Gasteiger partial charge in [-0.15, -0.1) is 0 Å². The molecule has 0 aliphatic carbocycles. The first-order valence-electron chi connectivity index (χ1n) is 11.7. The predicted octanol–water partition coefficient (Wildman–Crippen LogP) is 7.50. The molecule has 0 aromatic carbocycles. The molecule has 0 atom stereocenters. The Morgan fingerprint density at radius 1 is 0.536 bits per heavy atom. The van der Waals surface area contributed by atoms with Crippen LogP contribution in [-0.2, 0) is 8.23 Å². The molecule has 3 aliphatic rings. The second-order valence-corrected chi connectivity index (χ2v) is 46.1. The minimum Gasteiger partial charge on any atom is -0.415 e. The first kappa shape index (κ1) is 23.9. The lowest BCUT2D eigenvalue weighted by Crippen LogP contribution is -2.87. The molecule has 0 saturated carbocycles. The highest BCUT2D eigenvalue weighted by Gasteiger charge is 2.89. The summed E-state index contributed by atoms with van der Waals surface area (Å²) >= 11 is 0. The molecule has 28 heavy (non-hydrogen) atoms. The summed E-state index contributed by atoms with van der Waals surface area (Å²) in [5.41, 5.74) is 0. The van der Waals surface area contributed by atoms with Crippen molar-refractivity contribution in [3.63, 3.8) is 0 Å². The van der Waals surface area contributed by atoms with Crippen LogP contribution in [0.4, 0.5) is 0 Å². The molecular formula is C20H48O2Si6. The number of rotatable bonds is 4. The summed E-state index contributed by atoms with van der Waals surface area (Å²) in [6.45, 7) is 32.1. The van der Waals surface area contributed by atoms with Gasteiger partial charge < -0.3 is 8.23 Å². The van der Waals surface area contributed by atoms with Crippen LogP contribution in [0.5, 0.6) is 0 Å². The van der Waals surface area contributed by atoms with Gasteiger partial charge in [0.1, 0.15) is 0 Å².